The lowest BCUT2D eigenvalue weighted by Crippen LogP contribution is -2.49. The Labute approximate surface area is 173 Å². The number of likely N-dealkylation sites (tertiary alicyclic amines) is 1. The molecule has 1 aromatic carbocycles. The topological polar surface area (TPSA) is 87.7 Å². The Morgan fingerprint density at radius 1 is 1.27 bits per heavy atom. The van der Waals surface area contributed by atoms with Crippen LogP contribution in [0.3, 0.4) is 0 Å². The second kappa shape index (κ2) is 6.99. The predicted octanol–water partition coefficient (Wildman–Crippen LogP) is 3.55. The fourth-order valence-corrected chi connectivity index (χ4v) is 4.23. The molecule has 7 heteroatoms. The summed E-state index contributed by atoms with van der Waals surface area (Å²) < 4.78 is 7.82. The van der Waals surface area contributed by atoms with Crippen molar-refractivity contribution in [3.05, 3.63) is 58.9 Å². The van der Waals surface area contributed by atoms with Crippen molar-refractivity contribution in [3.8, 4) is 17.6 Å². The number of hydrogen-bond acceptors (Lipinski definition) is 5. The number of aryl methyl sites for hydroxylation is 2. The first kappa shape index (κ1) is 18.4. The van der Waals surface area contributed by atoms with Gasteiger partial charge in [-0.15, -0.1) is 0 Å². The number of ketones is 1. The number of nitrogens with zero attached hydrogens (tertiary/aromatic N) is 4. The highest BCUT2D eigenvalue weighted by molar-refractivity contribution is 5.99. The number of Topliss-reactive ketones (excluding diaryl/α,β-unsaturated/α-hetero) is 1. The Bertz CT molecular complexity index is 1230. The van der Waals surface area contributed by atoms with Crippen molar-refractivity contribution in [2.75, 3.05) is 13.1 Å². The van der Waals surface area contributed by atoms with E-state index in [1.807, 2.05) is 25.1 Å². The van der Waals surface area contributed by atoms with Crippen molar-refractivity contribution in [2.45, 2.75) is 26.2 Å². The van der Waals surface area contributed by atoms with Gasteiger partial charge in [0.25, 0.3) is 5.91 Å². The molecule has 30 heavy (non-hydrogen) atoms. The summed E-state index contributed by atoms with van der Waals surface area (Å²) in [5, 5.41) is 13.3. The summed E-state index contributed by atoms with van der Waals surface area (Å²) in [6.07, 6.45) is 5.68. The molecule has 5 rings (SSSR count). The van der Waals surface area contributed by atoms with E-state index in [0.717, 1.165) is 35.0 Å². The highest BCUT2D eigenvalue weighted by Gasteiger charge is 2.33. The SMILES string of the molecule is Cc1c(C(=O)N2CC(C#N)C2)cn2nccc(Oc3ccc4c(c3)CCCC4=O)c12. The summed E-state index contributed by atoms with van der Waals surface area (Å²) in [4.78, 5) is 26.6. The van der Waals surface area contributed by atoms with Gasteiger partial charge in [0.1, 0.15) is 11.3 Å². The Kier molecular flexibility index (Phi) is 4.28. The van der Waals surface area contributed by atoms with E-state index in [1.165, 1.54) is 0 Å². The number of amides is 1. The van der Waals surface area contributed by atoms with E-state index in [0.29, 0.717) is 36.6 Å². The Balaban J connectivity index is 1.47. The zero-order chi connectivity index (χ0) is 20.8. The van der Waals surface area contributed by atoms with Crippen LogP contribution in [-0.4, -0.2) is 39.3 Å². The third-order valence-corrected chi connectivity index (χ3v) is 5.93. The number of benzene rings is 1. The number of carbonyl (C=O) groups is 2. The van der Waals surface area contributed by atoms with E-state index >= 15 is 0 Å². The smallest absolute Gasteiger partial charge is 0.255 e. The van der Waals surface area contributed by atoms with E-state index in [2.05, 4.69) is 11.2 Å². The lowest BCUT2D eigenvalue weighted by molar-refractivity contribution is 0.0576. The van der Waals surface area contributed by atoms with Gasteiger partial charge in [0.2, 0.25) is 0 Å². The molecular formula is C23H20N4O3. The lowest BCUT2D eigenvalue weighted by Gasteiger charge is -2.35. The molecule has 0 bridgehead atoms. The van der Waals surface area contributed by atoms with Crippen LogP contribution in [0.2, 0.25) is 0 Å². The summed E-state index contributed by atoms with van der Waals surface area (Å²) >= 11 is 0. The summed E-state index contributed by atoms with van der Waals surface area (Å²) in [6.45, 7) is 2.81. The van der Waals surface area contributed by atoms with Crippen molar-refractivity contribution in [1.29, 1.82) is 5.26 Å². The molecule has 0 spiro atoms. The van der Waals surface area contributed by atoms with Crippen LogP contribution < -0.4 is 4.74 Å². The van der Waals surface area contributed by atoms with Gasteiger partial charge in [-0.1, -0.05) is 0 Å². The fraction of sp³-hybridized carbons (Fsp3) is 0.304. The van der Waals surface area contributed by atoms with E-state index in [-0.39, 0.29) is 17.6 Å². The minimum atomic E-state index is -0.0947. The first-order chi connectivity index (χ1) is 14.5. The molecular weight excluding hydrogens is 380 g/mol. The molecule has 0 unspecified atom stereocenters. The molecule has 1 aliphatic carbocycles. The second-order valence-corrected chi connectivity index (χ2v) is 7.89. The number of hydrogen-bond donors (Lipinski definition) is 0. The molecule has 0 radical (unpaired) electrons. The maximum Gasteiger partial charge on any atom is 0.255 e. The Morgan fingerprint density at radius 2 is 2.10 bits per heavy atom. The molecule has 150 valence electrons. The van der Waals surface area contributed by atoms with Crippen LogP contribution in [0, 0.1) is 24.2 Å². The summed E-state index contributed by atoms with van der Waals surface area (Å²) in [5.74, 6) is 1.26. The van der Waals surface area contributed by atoms with Crippen LogP contribution in [0.15, 0.2) is 36.7 Å². The number of ether oxygens (including phenoxy) is 1. The van der Waals surface area contributed by atoms with Gasteiger partial charge < -0.3 is 9.64 Å². The van der Waals surface area contributed by atoms with Crippen LogP contribution in [0.4, 0.5) is 0 Å². The molecule has 1 saturated heterocycles. The van der Waals surface area contributed by atoms with Crippen LogP contribution in [0.1, 0.15) is 44.7 Å². The van der Waals surface area contributed by atoms with Gasteiger partial charge in [-0.2, -0.15) is 10.4 Å². The van der Waals surface area contributed by atoms with Gasteiger partial charge in [-0.05, 0) is 49.1 Å². The Morgan fingerprint density at radius 3 is 2.90 bits per heavy atom. The minimum absolute atomic E-state index is 0.0841. The van der Waals surface area contributed by atoms with E-state index in [9.17, 15) is 9.59 Å². The number of nitriles is 1. The first-order valence-electron chi connectivity index (χ1n) is 10.0. The summed E-state index contributed by atoms with van der Waals surface area (Å²) in [5.41, 5.74) is 3.88. The van der Waals surface area contributed by atoms with Crippen molar-refractivity contribution >= 4 is 17.2 Å². The van der Waals surface area contributed by atoms with Crippen molar-refractivity contribution in [3.63, 3.8) is 0 Å². The maximum atomic E-state index is 12.8. The molecule has 7 nitrogen and oxygen atoms in total. The first-order valence-corrected chi connectivity index (χ1v) is 10.0. The van der Waals surface area contributed by atoms with Crippen molar-refractivity contribution < 1.29 is 14.3 Å². The highest BCUT2D eigenvalue weighted by Crippen LogP contribution is 2.33. The molecule has 2 aliphatic rings. The van der Waals surface area contributed by atoms with Gasteiger partial charge in [-0.25, -0.2) is 4.52 Å². The third-order valence-electron chi connectivity index (χ3n) is 5.93. The van der Waals surface area contributed by atoms with Crippen LogP contribution in [-0.2, 0) is 6.42 Å². The van der Waals surface area contributed by atoms with E-state index in [4.69, 9.17) is 10.00 Å². The monoisotopic (exact) mass is 400 g/mol. The second-order valence-electron chi connectivity index (χ2n) is 7.89. The van der Waals surface area contributed by atoms with Gasteiger partial charge in [-0.3, -0.25) is 9.59 Å². The third kappa shape index (κ3) is 2.92. The number of rotatable bonds is 3. The molecule has 3 aromatic rings. The zero-order valence-corrected chi connectivity index (χ0v) is 16.6. The minimum Gasteiger partial charge on any atom is -0.455 e. The molecule has 0 saturated carbocycles. The van der Waals surface area contributed by atoms with Crippen LogP contribution in [0.25, 0.3) is 5.52 Å². The molecule has 3 heterocycles. The molecule has 1 amide bonds. The Hall–Kier alpha value is -3.66. The van der Waals surface area contributed by atoms with Gasteiger partial charge in [0.05, 0.1) is 23.7 Å². The average molecular weight is 400 g/mol. The number of carbonyl (C=O) groups excluding carboxylic acids is 2. The molecule has 0 atom stereocenters. The van der Waals surface area contributed by atoms with Crippen LogP contribution in [0.5, 0.6) is 11.5 Å². The summed E-state index contributed by atoms with van der Waals surface area (Å²) in [6, 6.07) is 9.53. The molecule has 1 aliphatic heterocycles. The van der Waals surface area contributed by atoms with Crippen LogP contribution >= 0.6 is 0 Å². The lowest BCUT2D eigenvalue weighted by atomic mass is 9.90. The summed E-state index contributed by atoms with van der Waals surface area (Å²) in [7, 11) is 0. The van der Waals surface area contributed by atoms with Gasteiger partial charge >= 0.3 is 0 Å². The van der Waals surface area contributed by atoms with Crippen molar-refractivity contribution in [2.24, 2.45) is 5.92 Å². The predicted molar refractivity (Wildman–Crippen MR) is 109 cm³/mol. The average Bonchev–Trinajstić information content (AvgIpc) is 3.05. The van der Waals surface area contributed by atoms with Gasteiger partial charge in [0, 0.05) is 37.3 Å². The molecule has 0 N–H and O–H groups in total. The number of aromatic nitrogens is 2. The van der Waals surface area contributed by atoms with Crippen molar-refractivity contribution in [1.82, 2.24) is 14.5 Å². The zero-order valence-electron chi connectivity index (χ0n) is 16.6. The fourth-order valence-electron chi connectivity index (χ4n) is 4.23. The largest absolute Gasteiger partial charge is 0.455 e. The molecule has 1 fully saturated rings. The quantitative estimate of drug-likeness (QED) is 0.671. The van der Waals surface area contributed by atoms with E-state index < -0.39 is 0 Å². The normalized spacial score (nSPS) is 16.1. The number of fused-ring (bicyclic) bond motifs is 2. The highest BCUT2D eigenvalue weighted by atomic mass is 16.5. The standard InChI is InChI=1S/C23H20N4O3/c1-14-19(23(29)26-11-15(10-24)12-26)13-27-22(14)21(7-8-25-27)30-17-5-6-18-16(9-17)3-2-4-20(18)28/h5-9,13,15H,2-4,11-12H2,1H3. The van der Waals surface area contributed by atoms with E-state index in [1.54, 1.807) is 27.9 Å². The molecule has 2 aromatic heterocycles. The van der Waals surface area contributed by atoms with Gasteiger partial charge in [0.15, 0.2) is 11.5 Å². The maximum absolute atomic E-state index is 12.8.